The molecule has 0 radical (unpaired) electrons. The number of hydrogen-bond donors (Lipinski definition) is 3. The van der Waals surface area contributed by atoms with Crippen LogP contribution in [0.15, 0.2) is 77.9 Å². The molecule has 0 fully saturated rings. The van der Waals surface area contributed by atoms with Crippen LogP contribution in [0.5, 0.6) is 11.6 Å². The normalized spacial score (nSPS) is 11.2. The van der Waals surface area contributed by atoms with Crippen molar-refractivity contribution in [3.8, 4) is 17.3 Å². The summed E-state index contributed by atoms with van der Waals surface area (Å²) in [6.45, 7) is 1.82. The van der Waals surface area contributed by atoms with Crippen LogP contribution in [-0.4, -0.2) is 31.6 Å². The van der Waals surface area contributed by atoms with Crippen molar-refractivity contribution < 1.29 is 27.8 Å². The molecule has 2 aromatic heterocycles. The molecular weight excluding hydrogens is 491 g/mol. The van der Waals surface area contributed by atoms with Crippen LogP contribution in [0.4, 0.5) is 23.7 Å². The Morgan fingerprint density at radius 3 is 2.46 bits per heavy atom. The minimum Gasteiger partial charge on any atom is -0.493 e. The number of amides is 2. The number of carbonyl (C=O) groups excluding carboxylic acids is 1. The molecule has 37 heavy (non-hydrogen) atoms. The molecule has 2 amide bonds. The van der Waals surface area contributed by atoms with Crippen molar-refractivity contribution in [1.29, 1.82) is 0 Å². The van der Waals surface area contributed by atoms with E-state index in [1.165, 1.54) is 36.0 Å². The highest BCUT2D eigenvalue weighted by Crippen LogP contribution is 2.26. The third-order valence-electron chi connectivity index (χ3n) is 5.47. The van der Waals surface area contributed by atoms with Crippen LogP contribution in [0.25, 0.3) is 5.69 Å². The monoisotopic (exact) mass is 513 g/mol. The largest absolute Gasteiger partial charge is 0.573 e. The van der Waals surface area contributed by atoms with E-state index in [-0.39, 0.29) is 23.8 Å². The molecule has 2 aromatic carbocycles. The maximum atomic E-state index is 13.2. The fraction of sp³-hybridized carbons (Fsp3) is 0.160. The highest BCUT2D eigenvalue weighted by molar-refractivity contribution is 5.89. The first-order valence-corrected chi connectivity index (χ1v) is 11.0. The second-order valence-corrected chi connectivity index (χ2v) is 7.98. The van der Waals surface area contributed by atoms with Crippen molar-refractivity contribution >= 4 is 11.7 Å². The zero-order valence-corrected chi connectivity index (χ0v) is 19.5. The average Bonchev–Trinajstić information content (AvgIpc) is 3.07. The zero-order chi connectivity index (χ0) is 26.6. The number of nitrogens with zero attached hydrogens (tertiary/aromatic N) is 3. The molecule has 0 saturated heterocycles. The van der Waals surface area contributed by atoms with Crippen molar-refractivity contribution in [2.24, 2.45) is 0 Å². The Labute approximate surface area is 208 Å². The van der Waals surface area contributed by atoms with Gasteiger partial charge in [0.15, 0.2) is 0 Å². The van der Waals surface area contributed by atoms with Gasteiger partial charge in [0.2, 0.25) is 5.88 Å². The summed E-state index contributed by atoms with van der Waals surface area (Å²) in [5, 5.41) is 16.1. The van der Waals surface area contributed by atoms with Gasteiger partial charge in [0, 0.05) is 12.7 Å². The molecule has 192 valence electrons. The van der Waals surface area contributed by atoms with Crippen molar-refractivity contribution in [3.05, 3.63) is 100 Å². The minimum atomic E-state index is -4.85. The van der Waals surface area contributed by atoms with Gasteiger partial charge in [-0.2, -0.15) is 0 Å². The highest BCUT2D eigenvalue weighted by atomic mass is 19.4. The van der Waals surface area contributed by atoms with Crippen molar-refractivity contribution in [3.63, 3.8) is 0 Å². The number of pyridine rings is 1. The number of anilines is 1. The van der Waals surface area contributed by atoms with Gasteiger partial charge in [-0.05, 0) is 48.4 Å². The Bertz CT molecular complexity index is 1450. The molecule has 0 unspecified atom stereocenters. The molecule has 0 spiro atoms. The van der Waals surface area contributed by atoms with E-state index in [4.69, 9.17) is 0 Å². The number of aromatic hydroxyl groups is 1. The van der Waals surface area contributed by atoms with Crippen LogP contribution in [0.2, 0.25) is 0 Å². The number of ether oxygens (including phenoxy) is 1. The summed E-state index contributed by atoms with van der Waals surface area (Å²) in [5.41, 5.74) is 1.56. The standard InChI is InChI=1S/C25H22F3N5O4/c1-16-22(34)33(19-7-9-20(10-8-19)37-25(26,27)28)24(36)32(16)15-18-11-12-29-14-21(18)31-23(35)30-13-17-5-3-2-4-6-17/h2-12,14,34H,13,15H2,1H3,(H2,30,31,35). The van der Waals surface area contributed by atoms with Gasteiger partial charge >= 0.3 is 18.1 Å². The van der Waals surface area contributed by atoms with Crippen molar-refractivity contribution in [2.75, 3.05) is 5.32 Å². The quantitative estimate of drug-likeness (QED) is 0.341. The van der Waals surface area contributed by atoms with E-state index in [1.54, 1.807) is 6.07 Å². The molecule has 0 aliphatic carbocycles. The lowest BCUT2D eigenvalue weighted by atomic mass is 10.2. The summed E-state index contributed by atoms with van der Waals surface area (Å²) < 4.78 is 43.4. The number of benzene rings is 2. The molecule has 9 nitrogen and oxygen atoms in total. The first kappa shape index (κ1) is 25.4. The van der Waals surface area contributed by atoms with E-state index in [9.17, 15) is 27.9 Å². The van der Waals surface area contributed by atoms with E-state index in [2.05, 4.69) is 20.4 Å². The van der Waals surface area contributed by atoms with Crippen molar-refractivity contribution in [1.82, 2.24) is 19.4 Å². The van der Waals surface area contributed by atoms with Gasteiger partial charge in [0.25, 0.3) is 0 Å². The van der Waals surface area contributed by atoms with E-state index >= 15 is 0 Å². The van der Waals surface area contributed by atoms with Crippen LogP contribution in [0, 0.1) is 6.92 Å². The van der Waals surface area contributed by atoms with Crippen molar-refractivity contribution in [2.45, 2.75) is 26.4 Å². The van der Waals surface area contributed by atoms with Crippen LogP contribution in [0.1, 0.15) is 16.8 Å². The SMILES string of the molecule is Cc1c(O)n(-c2ccc(OC(F)(F)F)cc2)c(=O)n1Cc1ccncc1NC(=O)NCc1ccccc1. The number of imidazole rings is 1. The number of urea groups is 1. The topological polar surface area (TPSA) is 110 Å². The van der Waals surface area contributed by atoms with Gasteiger partial charge in [0.05, 0.1) is 29.8 Å². The minimum absolute atomic E-state index is 0.0166. The smallest absolute Gasteiger partial charge is 0.493 e. The summed E-state index contributed by atoms with van der Waals surface area (Å²) in [6, 6.07) is 15.0. The Morgan fingerprint density at radius 2 is 1.78 bits per heavy atom. The van der Waals surface area contributed by atoms with Crippen LogP contribution in [0.3, 0.4) is 0 Å². The number of carbonyl (C=O) groups is 1. The number of rotatable bonds is 7. The zero-order valence-electron chi connectivity index (χ0n) is 19.5. The molecule has 0 bridgehead atoms. The van der Waals surface area contributed by atoms with E-state index in [0.29, 0.717) is 17.8 Å². The van der Waals surface area contributed by atoms with E-state index in [1.807, 2.05) is 30.3 Å². The van der Waals surface area contributed by atoms with E-state index < -0.39 is 23.8 Å². The molecule has 2 heterocycles. The second-order valence-electron chi connectivity index (χ2n) is 7.98. The fourth-order valence-electron chi connectivity index (χ4n) is 3.64. The molecule has 0 saturated carbocycles. The Morgan fingerprint density at radius 1 is 1.08 bits per heavy atom. The van der Waals surface area contributed by atoms with Gasteiger partial charge in [-0.3, -0.25) is 9.55 Å². The summed E-state index contributed by atoms with van der Waals surface area (Å²) >= 11 is 0. The fourth-order valence-corrected chi connectivity index (χ4v) is 3.64. The van der Waals surface area contributed by atoms with Gasteiger partial charge in [-0.1, -0.05) is 30.3 Å². The summed E-state index contributed by atoms with van der Waals surface area (Å²) in [6.07, 6.45) is -1.91. The second kappa shape index (κ2) is 10.5. The molecule has 3 N–H and O–H groups in total. The van der Waals surface area contributed by atoms with Crippen LogP contribution < -0.4 is 21.1 Å². The maximum Gasteiger partial charge on any atom is 0.573 e. The average molecular weight is 513 g/mol. The van der Waals surface area contributed by atoms with Gasteiger partial charge in [-0.25, -0.2) is 14.2 Å². The summed E-state index contributed by atoms with van der Waals surface area (Å²) in [5.74, 6) is -0.836. The lowest BCUT2D eigenvalue weighted by Crippen LogP contribution is -2.29. The number of hydrogen-bond acceptors (Lipinski definition) is 5. The van der Waals surface area contributed by atoms with Gasteiger partial charge in [0.1, 0.15) is 5.75 Å². The highest BCUT2D eigenvalue weighted by Gasteiger charge is 2.31. The van der Waals surface area contributed by atoms with E-state index in [0.717, 1.165) is 22.3 Å². The number of alkyl halides is 3. The van der Waals surface area contributed by atoms with Gasteiger partial charge in [-0.15, -0.1) is 13.2 Å². The first-order chi connectivity index (χ1) is 17.6. The Hall–Kier alpha value is -4.74. The molecule has 0 aliphatic heterocycles. The Kier molecular flexibility index (Phi) is 7.18. The first-order valence-electron chi connectivity index (χ1n) is 11.0. The predicted molar refractivity (Wildman–Crippen MR) is 129 cm³/mol. The summed E-state index contributed by atoms with van der Waals surface area (Å²) in [7, 11) is 0. The van der Waals surface area contributed by atoms with Crippen LogP contribution >= 0.6 is 0 Å². The molecular formula is C25H22F3N5O4. The lowest BCUT2D eigenvalue weighted by Gasteiger charge is -2.12. The van der Waals surface area contributed by atoms with Crippen LogP contribution in [-0.2, 0) is 13.1 Å². The third-order valence-corrected chi connectivity index (χ3v) is 5.47. The maximum absolute atomic E-state index is 13.2. The number of aromatic nitrogens is 3. The molecule has 4 rings (SSSR count). The molecule has 0 aliphatic rings. The van der Waals surface area contributed by atoms with Gasteiger partial charge < -0.3 is 20.5 Å². The molecule has 4 aromatic rings. The molecule has 12 heteroatoms. The predicted octanol–water partition coefficient (Wildman–Crippen LogP) is 4.32. The lowest BCUT2D eigenvalue weighted by molar-refractivity contribution is -0.274. The summed E-state index contributed by atoms with van der Waals surface area (Å²) in [4.78, 5) is 29.6. The number of nitrogens with one attached hydrogen (secondary N) is 2. The third kappa shape index (κ3) is 6.10. The molecule has 0 atom stereocenters. The Balaban J connectivity index is 1.54. The number of halogens is 3.